The molecule has 0 rings (SSSR count). The molecule has 0 aliphatic heterocycles. The monoisotopic (exact) mass is 376 g/mol. The highest BCUT2D eigenvalue weighted by atomic mass is 16.5. The van der Waals surface area contributed by atoms with Crippen LogP contribution in [0.1, 0.15) is 19.3 Å². The lowest BCUT2D eigenvalue weighted by atomic mass is 10.2. The number of hydrogen-bond acceptors (Lipinski definition) is 8. The predicted octanol–water partition coefficient (Wildman–Crippen LogP) is -1.03. The fourth-order valence-corrected chi connectivity index (χ4v) is 1.77. The summed E-state index contributed by atoms with van der Waals surface area (Å²) in [4.78, 5) is 21.8. The Morgan fingerprint density at radius 3 is 2.19 bits per heavy atom. The van der Waals surface area contributed by atoms with E-state index < -0.39 is 5.97 Å². The molecule has 0 saturated heterocycles. The maximum absolute atomic E-state index is 11.4. The molecule has 0 spiro atoms. The number of hydrazine groups is 1. The van der Waals surface area contributed by atoms with E-state index in [4.69, 9.17) is 25.2 Å². The summed E-state index contributed by atoms with van der Waals surface area (Å²) >= 11 is 0. The molecule has 0 aromatic rings. The van der Waals surface area contributed by atoms with E-state index in [1.54, 1.807) is 0 Å². The second-order valence-electron chi connectivity index (χ2n) is 5.36. The molecule has 0 heterocycles. The van der Waals surface area contributed by atoms with E-state index in [1.807, 2.05) is 0 Å². The van der Waals surface area contributed by atoms with Crippen molar-refractivity contribution in [2.45, 2.75) is 19.3 Å². The van der Waals surface area contributed by atoms with Crippen LogP contribution in [0.3, 0.4) is 0 Å². The average Bonchev–Trinajstić information content (AvgIpc) is 2.60. The van der Waals surface area contributed by atoms with Crippen LogP contribution in [-0.4, -0.2) is 76.3 Å². The maximum atomic E-state index is 11.4. The van der Waals surface area contributed by atoms with Gasteiger partial charge in [0.05, 0.1) is 33.0 Å². The van der Waals surface area contributed by atoms with Crippen LogP contribution in [0.25, 0.3) is 0 Å². The minimum atomic E-state index is -0.803. The predicted molar refractivity (Wildman–Crippen MR) is 96.3 cm³/mol. The van der Waals surface area contributed by atoms with Crippen molar-refractivity contribution < 1.29 is 28.9 Å². The van der Waals surface area contributed by atoms with Crippen molar-refractivity contribution in [2.75, 3.05) is 59.3 Å². The average molecular weight is 376 g/mol. The largest absolute Gasteiger partial charge is 0.481 e. The van der Waals surface area contributed by atoms with Crippen molar-refractivity contribution in [2.24, 2.45) is 5.84 Å². The third kappa shape index (κ3) is 18.6. The van der Waals surface area contributed by atoms with Gasteiger partial charge in [0.25, 0.3) is 0 Å². The van der Waals surface area contributed by atoms with Gasteiger partial charge in [0, 0.05) is 31.8 Å². The SMILES string of the molecule is C=C(CCCC(=O)O)NCCOCCOCC(=O)NCCOCCNN. The summed E-state index contributed by atoms with van der Waals surface area (Å²) in [6.45, 7) is 7.46. The van der Waals surface area contributed by atoms with Crippen molar-refractivity contribution in [1.29, 1.82) is 0 Å². The molecular weight excluding hydrogens is 344 g/mol. The lowest BCUT2D eigenvalue weighted by Gasteiger charge is -2.10. The first-order valence-electron chi connectivity index (χ1n) is 8.63. The summed E-state index contributed by atoms with van der Waals surface area (Å²) in [6, 6.07) is 0. The molecule has 0 aliphatic carbocycles. The van der Waals surface area contributed by atoms with Gasteiger partial charge in [0.2, 0.25) is 5.91 Å². The zero-order valence-corrected chi connectivity index (χ0v) is 15.3. The zero-order chi connectivity index (χ0) is 19.5. The minimum Gasteiger partial charge on any atom is -0.481 e. The minimum absolute atomic E-state index is 0.0215. The molecule has 10 nitrogen and oxygen atoms in total. The topological polar surface area (TPSA) is 144 Å². The van der Waals surface area contributed by atoms with E-state index in [9.17, 15) is 9.59 Å². The van der Waals surface area contributed by atoms with Crippen molar-refractivity contribution in [3.8, 4) is 0 Å². The van der Waals surface area contributed by atoms with Gasteiger partial charge in [-0.25, -0.2) is 0 Å². The molecule has 0 radical (unpaired) electrons. The van der Waals surface area contributed by atoms with E-state index in [1.165, 1.54) is 0 Å². The summed E-state index contributed by atoms with van der Waals surface area (Å²) < 4.78 is 15.7. The number of carbonyl (C=O) groups excluding carboxylic acids is 1. The molecular formula is C16H32N4O6. The summed E-state index contributed by atoms with van der Waals surface area (Å²) in [5.74, 6) is 4.08. The molecule has 26 heavy (non-hydrogen) atoms. The normalized spacial score (nSPS) is 10.5. The number of ether oxygens (including phenoxy) is 3. The van der Waals surface area contributed by atoms with Crippen molar-refractivity contribution in [1.82, 2.24) is 16.1 Å². The number of aliphatic carboxylic acids is 1. The highest BCUT2D eigenvalue weighted by Crippen LogP contribution is 2.01. The van der Waals surface area contributed by atoms with Crippen molar-refractivity contribution in [3.05, 3.63) is 12.3 Å². The van der Waals surface area contributed by atoms with Gasteiger partial charge in [-0.15, -0.1) is 0 Å². The number of carboxylic acids is 1. The molecule has 1 amide bonds. The Labute approximate surface area is 154 Å². The molecule has 0 aromatic heterocycles. The summed E-state index contributed by atoms with van der Waals surface area (Å²) in [7, 11) is 0. The molecule has 0 aliphatic rings. The van der Waals surface area contributed by atoms with Crippen molar-refractivity contribution in [3.63, 3.8) is 0 Å². The highest BCUT2D eigenvalue weighted by molar-refractivity contribution is 5.77. The number of rotatable bonds is 19. The zero-order valence-electron chi connectivity index (χ0n) is 15.3. The van der Waals surface area contributed by atoms with Crippen LogP contribution in [-0.2, 0) is 23.8 Å². The lowest BCUT2D eigenvalue weighted by Crippen LogP contribution is -2.32. The van der Waals surface area contributed by atoms with Crippen molar-refractivity contribution >= 4 is 11.9 Å². The van der Waals surface area contributed by atoms with Gasteiger partial charge in [0.15, 0.2) is 0 Å². The van der Waals surface area contributed by atoms with Crippen LogP contribution < -0.4 is 21.9 Å². The van der Waals surface area contributed by atoms with Crippen LogP contribution in [0.5, 0.6) is 0 Å². The fourth-order valence-electron chi connectivity index (χ4n) is 1.77. The first kappa shape index (κ1) is 24.3. The van der Waals surface area contributed by atoms with Gasteiger partial charge in [-0.2, -0.15) is 0 Å². The number of allylic oxidation sites excluding steroid dienone is 1. The second-order valence-corrected chi connectivity index (χ2v) is 5.36. The van der Waals surface area contributed by atoms with E-state index in [2.05, 4.69) is 22.6 Å². The highest BCUT2D eigenvalue weighted by Gasteiger charge is 2.01. The van der Waals surface area contributed by atoms with Gasteiger partial charge in [-0.05, 0) is 12.8 Å². The molecule has 0 bridgehead atoms. The van der Waals surface area contributed by atoms with Gasteiger partial charge >= 0.3 is 5.97 Å². The molecule has 0 unspecified atom stereocenters. The molecule has 152 valence electrons. The smallest absolute Gasteiger partial charge is 0.303 e. The summed E-state index contributed by atoms with van der Waals surface area (Å²) in [5, 5.41) is 14.3. The van der Waals surface area contributed by atoms with Crippen LogP contribution in [0, 0.1) is 0 Å². The number of hydrogen-bond donors (Lipinski definition) is 5. The van der Waals surface area contributed by atoms with Gasteiger partial charge < -0.3 is 30.0 Å². The molecule has 0 fully saturated rings. The number of amides is 1. The van der Waals surface area contributed by atoms with E-state index in [0.29, 0.717) is 65.5 Å². The first-order valence-corrected chi connectivity index (χ1v) is 8.63. The Hall–Kier alpha value is -1.72. The summed E-state index contributed by atoms with van der Waals surface area (Å²) in [6.07, 6.45) is 1.33. The maximum Gasteiger partial charge on any atom is 0.303 e. The van der Waals surface area contributed by atoms with Gasteiger partial charge in [-0.3, -0.25) is 20.9 Å². The number of nitrogens with one attached hydrogen (secondary N) is 3. The third-order valence-electron chi connectivity index (χ3n) is 3.06. The molecule has 0 saturated carbocycles. The second kappa shape index (κ2) is 18.1. The van der Waals surface area contributed by atoms with Crippen LogP contribution in [0.15, 0.2) is 12.3 Å². The number of carbonyl (C=O) groups is 2. The fraction of sp³-hybridized carbons (Fsp3) is 0.750. The molecule has 6 N–H and O–H groups in total. The van der Waals surface area contributed by atoms with Gasteiger partial charge in [0.1, 0.15) is 6.61 Å². The van der Waals surface area contributed by atoms with E-state index >= 15 is 0 Å². The van der Waals surface area contributed by atoms with E-state index in [-0.39, 0.29) is 18.9 Å². The number of nitrogens with two attached hydrogens (primary N) is 1. The quantitative estimate of drug-likeness (QED) is 0.109. The van der Waals surface area contributed by atoms with Crippen LogP contribution in [0.2, 0.25) is 0 Å². The standard InChI is InChI=1S/C16H32N4O6/c1-14(3-2-4-16(22)23)18-5-8-25-11-12-26-13-15(21)19-6-9-24-10-7-20-17/h18,20H,1-13,17H2,(H,19,21)(H,22,23). The molecule has 0 atom stereocenters. The van der Waals surface area contributed by atoms with Crippen LogP contribution >= 0.6 is 0 Å². The van der Waals surface area contributed by atoms with Gasteiger partial charge in [-0.1, -0.05) is 6.58 Å². The Morgan fingerprint density at radius 2 is 1.50 bits per heavy atom. The molecule has 10 heteroatoms. The Bertz CT molecular complexity index is 395. The lowest BCUT2D eigenvalue weighted by molar-refractivity contribution is -0.137. The Morgan fingerprint density at radius 1 is 0.885 bits per heavy atom. The first-order chi connectivity index (χ1) is 12.6. The van der Waals surface area contributed by atoms with Crippen LogP contribution in [0.4, 0.5) is 0 Å². The summed E-state index contributed by atoms with van der Waals surface area (Å²) in [5.41, 5.74) is 3.26. The van der Waals surface area contributed by atoms with E-state index in [0.717, 1.165) is 5.70 Å². The molecule has 0 aromatic carbocycles. The number of carboxylic acid groups (broad SMARTS) is 1. The Balaban J connectivity index is 3.28. The Kier molecular flexibility index (Phi) is 16.9. The third-order valence-corrected chi connectivity index (χ3v) is 3.06.